The molecule has 1 fully saturated rings. The van der Waals surface area contributed by atoms with Crippen LogP contribution in [0.25, 0.3) is 10.9 Å². The third-order valence-electron chi connectivity index (χ3n) is 8.11. The fourth-order valence-electron chi connectivity index (χ4n) is 5.78. The quantitative estimate of drug-likeness (QED) is 0.254. The summed E-state index contributed by atoms with van der Waals surface area (Å²) in [4.78, 5) is 59.3. The topological polar surface area (TPSA) is 146 Å². The van der Waals surface area contributed by atoms with Gasteiger partial charge in [-0.05, 0) is 90.7 Å². The molecule has 1 aromatic heterocycles. The van der Waals surface area contributed by atoms with Crippen molar-refractivity contribution in [2.75, 3.05) is 45.6 Å². The number of amides is 3. The van der Waals surface area contributed by atoms with Crippen LogP contribution < -0.4 is 16.2 Å². The zero-order valence-corrected chi connectivity index (χ0v) is 28.1. The molecule has 3 N–H and O–H groups in total. The number of piperidine rings is 1. The van der Waals surface area contributed by atoms with Crippen molar-refractivity contribution in [2.45, 2.75) is 70.6 Å². The Hall–Kier alpha value is -4.29. The second kappa shape index (κ2) is 15.5. The normalized spacial score (nSPS) is 15.3. The van der Waals surface area contributed by atoms with E-state index in [0.29, 0.717) is 68.3 Å². The van der Waals surface area contributed by atoms with Crippen molar-refractivity contribution >= 4 is 34.5 Å². The zero-order chi connectivity index (χ0) is 34.2. The standard InChI is InChI=1S/C35H48N6O6/c1-34(2,3)47-33(45)36-17-9-12-26(20-25-10-7-6-8-11-25)31(43)40-18-15-35(46,16-19-40)23-41-24-37-29-21-27(13-14-28(29)32(41)44)38-30(42)22-39(4)5/h6-8,10-11,13-14,21,24,26,46H,9,12,15-20,22-23H2,1-5H3,(H,36,45)(H,38,42). The van der Waals surface area contributed by atoms with Gasteiger partial charge in [-0.1, -0.05) is 30.3 Å². The number of hydrogen-bond acceptors (Lipinski definition) is 8. The maximum atomic E-state index is 13.8. The molecule has 1 aliphatic rings. The smallest absolute Gasteiger partial charge is 0.407 e. The van der Waals surface area contributed by atoms with Crippen LogP contribution in [0.3, 0.4) is 0 Å². The van der Waals surface area contributed by atoms with Gasteiger partial charge in [0.15, 0.2) is 0 Å². The van der Waals surface area contributed by atoms with Crippen LogP contribution >= 0.6 is 0 Å². The van der Waals surface area contributed by atoms with Gasteiger partial charge >= 0.3 is 6.09 Å². The number of rotatable bonds is 12. The number of likely N-dealkylation sites (tertiary alicyclic amines) is 1. The Kier molecular flexibility index (Phi) is 11.8. The average molecular weight is 649 g/mol. The van der Waals surface area contributed by atoms with E-state index < -0.39 is 17.3 Å². The van der Waals surface area contributed by atoms with Gasteiger partial charge in [-0.15, -0.1) is 0 Å². The second-order valence-electron chi connectivity index (χ2n) is 13.7. The maximum absolute atomic E-state index is 13.8. The summed E-state index contributed by atoms with van der Waals surface area (Å²) < 4.78 is 6.73. The molecule has 47 heavy (non-hydrogen) atoms. The second-order valence-corrected chi connectivity index (χ2v) is 13.7. The molecule has 2 aromatic carbocycles. The van der Waals surface area contributed by atoms with Crippen molar-refractivity contribution < 1.29 is 24.2 Å². The van der Waals surface area contributed by atoms with E-state index in [-0.39, 0.29) is 36.4 Å². The molecule has 254 valence electrons. The highest BCUT2D eigenvalue weighted by atomic mass is 16.6. The molecule has 0 radical (unpaired) electrons. The van der Waals surface area contributed by atoms with Crippen LogP contribution in [0.1, 0.15) is 52.0 Å². The maximum Gasteiger partial charge on any atom is 0.407 e. The van der Waals surface area contributed by atoms with Gasteiger partial charge in [-0.2, -0.15) is 0 Å². The third kappa shape index (κ3) is 10.6. The number of carbonyl (C=O) groups is 3. The van der Waals surface area contributed by atoms with Crippen LogP contribution in [-0.4, -0.2) is 93.8 Å². The molecular weight excluding hydrogens is 600 g/mol. The third-order valence-corrected chi connectivity index (χ3v) is 8.11. The van der Waals surface area contributed by atoms with Crippen molar-refractivity contribution in [3.05, 3.63) is 70.8 Å². The van der Waals surface area contributed by atoms with Gasteiger partial charge in [-0.25, -0.2) is 9.78 Å². The fraction of sp³-hybridized carbons (Fsp3) is 0.514. The van der Waals surface area contributed by atoms with Gasteiger partial charge in [0.2, 0.25) is 11.8 Å². The van der Waals surface area contributed by atoms with E-state index in [4.69, 9.17) is 4.74 Å². The number of hydrogen-bond donors (Lipinski definition) is 3. The van der Waals surface area contributed by atoms with E-state index in [1.807, 2.05) is 51.1 Å². The molecule has 0 spiro atoms. The Bertz CT molecular complexity index is 1590. The SMILES string of the molecule is CN(C)CC(=O)Nc1ccc2c(=O)n(CC3(O)CCN(C(=O)C(CCCNC(=O)OC(C)(C)C)Cc4ccccc4)CC3)cnc2c1. The monoisotopic (exact) mass is 648 g/mol. The first kappa shape index (κ1) is 35.6. The van der Waals surface area contributed by atoms with Gasteiger partial charge in [0.05, 0.1) is 35.9 Å². The lowest BCUT2D eigenvalue weighted by atomic mass is 9.88. The number of fused-ring (bicyclic) bond motifs is 1. The fourth-order valence-corrected chi connectivity index (χ4v) is 5.78. The van der Waals surface area contributed by atoms with Crippen molar-refractivity contribution in [1.82, 2.24) is 24.7 Å². The predicted octanol–water partition coefficient (Wildman–Crippen LogP) is 3.41. The molecule has 3 aromatic rings. The predicted molar refractivity (Wildman–Crippen MR) is 181 cm³/mol. The largest absolute Gasteiger partial charge is 0.444 e. The number of nitrogens with zero attached hydrogens (tertiary/aromatic N) is 4. The Morgan fingerprint density at radius 2 is 1.79 bits per heavy atom. The van der Waals surface area contributed by atoms with Crippen LogP contribution in [0.4, 0.5) is 10.5 Å². The lowest BCUT2D eigenvalue weighted by Crippen LogP contribution is -2.51. The molecule has 1 saturated heterocycles. The molecule has 0 bridgehead atoms. The molecule has 3 amide bonds. The van der Waals surface area contributed by atoms with E-state index in [0.717, 1.165) is 5.56 Å². The summed E-state index contributed by atoms with van der Waals surface area (Å²) in [6.45, 7) is 6.84. The van der Waals surface area contributed by atoms with E-state index in [1.54, 1.807) is 42.1 Å². The number of aromatic nitrogens is 2. The van der Waals surface area contributed by atoms with Gasteiger partial charge in [-0.3, -0.25) is 19.0 Å². The summed E-state index contributed by atoms with van der Waals surface area (Å²) >= 11 is 0. The minimum Gasteiger partial charge on any atom is -0.444 e. The zero-order valence-electron chi connectivity index (χ0n) is 28.1. The van der Waals surface area contributed by atoms with Crippen LogP contribution in [0.2, 0.25) is 0 Å². The van der Waals surface area contributed by atoms with Crippen LogP contribution in [-0.2, 0) is 27.3 Å². The highest BCUT2D eigenvalue weighted by Gasteiger charge is 2.36. The van der Waals surface area contributed by atoms with Crippen LogP contribution in [0.15, 0.2) is 59.7 Å². The summed E-state index contributed by atoms with van der Waals surface area (Å²) in [5, 5.41) is 17.5. The van der Waals surface area contributed by atoms with Crippen molar-refractivity contribution in [2.24, 2.45) is 5.92 Å². The highest BCUT2D eigenvalue weighted by molar-refractivity contribution is 5.94. The number of benzene rings is 2. The Morgan fingerprint density at radius 3 is 2.45 bits per heavy atom. The van der Waals surface area contributed by atoms with Crippen molar-refractivity contribution in [1.29, 1.82) is 0 Å². The number of nitrogens with one attached hydrogen (secondary N) is 2. The van der Waals surface area contributed by atoms with E-state index in [9.17, 15) is 24.3 Å². The average Bonchev–Trinajstić information content (AvgIpc) is 2.99. The summed E-state index contributed by atoms with van der Waals surface area (Å²) in [7, 11) is 3.61. The molecule has 0 saturated carbocycles. The Balaban J connectivity index is 1.36. The first-order valence-corrected chi connectivity index (χ1v) is 16.2. The molecule has 2 heterocycles. The molecule has 1 atom stereocenters. The summed E-state index contributed by atoms with van der Waals surface area (Å²) in [6.07, 6.45) is 3.36. The lowest BCUT2D eigenvalue weighted by Gasteiger charge is -2.39. The number of aliphatic hydroxyl groups is 1. The minimum absolute atomic E-state index is 0.0196. The van der Waals surface area contributed by atoms with E-state index in [1.165, 1.54) is 10.9 Å². The highest BCUT2D eigenvalue weighted by Crippen LogP contribution is 2.27. The van der Waals surface area contributed by atoms with Gasteiger partial charge in [0.25, 0.3) is 5.56 Å². The van der Waals surface area contributed by atoms with E-state index >= 15 is 0 Å². The Labute approximate surface area is 276 Å². The lowest BCUT2D eigenvalue weighted by molar-refractivity contribution is -0.140. The summed E-state index contributed by atoms with van der Waals surface area (Å²) in [5.74, 6) is -0.434. The van der Waals surface area contributed by atoms with Gasteiger partial charge in [0, 0.05) is 31.2 Å². The van der Waals surface area contributed by atoms with Gasteiger partial charge < -0.3 is 30.3 Å². The molecule has 1 aliphatic heterocycles. The number of carbonyl (C=O) groups excluding carboxylic acids is 3. The number of ether oxygens (including phenoxy) is 1. The van der Waals surface area contributed by atoms with E-state index in [2.05, 4.69) is 15.6 Å². The van der Waals surface area contributed by atoms with Crippen LogP contribution in [0, 0.1) is 5.92 Å². The molecular formula is C35H48N6O6. The molecule has 12 heteroatoms. The first-order chi connectivity index (χ1) is 22.2. The summed E-state index contributed by atoms with van der Waals surface area (Å²) in [6, 6.07) is 14.8. The number of likely N-dealkylation sites (N-methyl/N-ethyl adjacent to an activating group) is 1. The van der Waals surface area contributed by atoms with Crippen molar-refractivity contribution in [3.63, 3.8) is 0 Å². The van der Waals surface area contributed by atoms with Gasteiger partial charge in [0.1, 0.15) is 5.60 Å². The number of anilines is 1. The number of alkyl carbamates (subject to hydrolysis) is 1. The van der Waals surface area contributed by atoms with Crippen molar-refractivity contribution in [3.8, 4) is 0 Å². The Morgan fingerprint density at radius 1 is 1.09 bits per heavy atom. The molecule has 4 rings (SSSR count). The molecule has 0 aliphatic carbocycles. The molecule has 1 unspecified atom stereocenters. The molecule has 12 nitrogen and oxygen atoms in total. The minimum atomic E-state index is -1.18. The van der Waals surface area contributed by atoms with Crippen LogP contribution in [0.5, 0.6) is 0 Å². The first-order valence-electron chi connectivity index (χ1n) is 16.2. The summed E-state index contributed by atoms with van der Waals surface area (Å²) in [5.41, 5.74) is 0.0199.